The Morgan fingerprint density at radius 2 is 1.77 bits per heavy atom. The fourth-order valence-corrected chi connectivity index (χ4v) is 1.51. The van der Waals surface area contributed by atoms with Crippen molar-refractivity contribution >= 4 is 5.97 Å². The van der Waals surface area contributed by atoms with E-state index in [0.29, 0.717) is 0 Å². The molecule has 0 radical (unpaired) electrons. The summed E-state index contributed by atoms with van der Waals surface area (Å²) in [5.41, 5.74) is 0. The van der Waals surface area contributed by atoms with Gasteiger partial charge in [0.25, 0.3) is 0 Å². The molecule has 0 bridgehead atoms. The molecule has 0 fully saturated rings. The molecule has 3 heteroatoms. The van der Waals surface area contributed by atoms with E-state index in [1.807, 2.05) is 6.92 Å². The second-order valence-electron chi connectivity index (χ2n) is 3.48. The molecule has 0 aliphatic rings. The molecular formula is C10H21NO2. The van der Waals surface area contributed by atoms with Crippen LogP contribution in [0.3, 0.4) is 0 Å². The summed E-state index contributed by atoms with van der Waals surface area (Å²) < 4.78 is 0. The van der Waals surface area contributed by atoms with Crippen LogP contribution in [-0.4, -0.2) is 35.1 Å². The van der Waals surface area contributed by atoms with Gasteiger partial charge in [-0.15, -0.1) is 0 Å². The molecule has 0 aromatic heterocycles. The van der Waals surface area contributed by atoms with Gasteiger partial charge in [0.15, 0.2) is 0 Å². The third kappa shape index (κ3) is 5.64. The number of rotatable bonds is 7. The highest BCUT2D eigenvalue weighted by molar-refractivity contribution is 5.67. The summed E-state index contributed by atoms with van der Waals surface area (Å²) in [5, 5.41) is 8.64. The Morgan fingerprint density at radius 1 is 1.31 bits per heavy atom. The number of carboxylic acid groups (broad SMARTS) is 1. The summed E-state index contributed by atoms with van der Waals surface area (Å²) in [6.45, 7) is 8.23. The van der Waals surface area contributed by atoms with Crippen molar-refractivity contribution in [2.24, 2.45) is 0 Å². The van der Waals surface area contributed by atoms with Gasteiger partial charge >= 0.3 is 5.97 Å². The van der Waals surface area contributed by atoms with Gasteiger partial charge in [-0.3, -0.25) is 4.79 Å². The minimum atomic E-state index is -0.704. The topological polar surface area (TPSA) is 40.5 Å². The average Bonchev–Trinajstić information content (AvgIpc) is 2.02. The molecule has 1 N–H and O–H groups in total. The van der Waals surface area contributed by atoms with E-state index in [0.717, 1.165) is 25.9 Å². The maximum absolute atomic E-state index is 10.5. The van der Waals surface area contributed by atoms with Crippen molar-refractivity contribution in [3.8, 4) is 0 Å². The van der Waals surface area contributed by atoms with E-state index < -0.39 is 5.97 Å². The van der Waals surface area contributed by atoms with Crippen LogP contribution in [0.2, 0.25) is 0 Å². The standard InChI is InChI=1S/C10H21NO2/c1-4-6-11(7-5-2)9(3)8-10(12)13/h9H,4-8H2,1-3H3,(H,12,13)/t9-/m1/s1. The third-order valence-electron chi connectivity index (χ3n) is 2.12. The van der Waals surface area contributed by atoms with E-state index in [9.17, 15) is 4.79 Å². The van der Waals surface area contributed by atoms with Gasteiger partial charge in [0.05, 0.1) is 6.42 Å². The Kier molecular flexibility index (Phi) is 6.59. The van der Waals surface area contributed by atoms with E-state index >= 15 is 0 Å². The SMILES string of the molecule is CCCN(CCC)[C@H](C)CC(=O)O. The Hall–Kier alpha value is -0.570. The molecule has 0 heterocycles. The summed E-state index contributed by atoms with van der Waals surface area (Å²) in [7, 11) is 0. The molecule has 3 nitrogen and oxygen atoms in total. The molecule has 0 aliphatic heterocycles. The lowest BCUT2D eigenvalue weighted by molar-refractivity contribution is -0.138. The van der Waals surface area contributed by atoms with Crippen LogP contribution in [-0.2, 0) is 4.79 Å². The predicted octanol–water partition coefficient (Wildman–Crippen LogP) is 1.97. The first-order valence-corrected chi connectivity index (χ1v) is 5.07. The van der Waals surface area contributed by atoms with Crippen LogP contribution in [0.5, 0.6) is 0 Å². The monoisotopic (exact) mass is 187 g/mol. The lowest BCUT2D eigenvalue weighted by Crippen LogP contribution is -2.35. The van der Waals surface area contributed by atoms with Crippen LogP contribution in [0, 0.1) is 0 Å². The maximum atomic E-state index is 10.5. The molecular weight excluding hydrogens is 166 g/mol. The van der Waals surface area contributed by atoms with Crippen molar-refractivity contribution in [1.29, 1.82) is 0 Å². The minimum absolute atomic E-state index is 0.164. The highest BCUT2D eigenvalue weighted by Gasteiger charge is 2.14. The van der Waals surface area contributed by atoms with E-state index in [2.05, 4.69) is 18.7 Å². The zero-order valence-electron chi connectivity index (χ0n) is 8.92. The molecule has 0 aromatic carbocycles. The van der Waals surface area contributed by atoms with Crippen molar-refractivity contribution in [3.05, 3.63) is 0 Å². The van der Waals surface area contributed by atoms with E-state index in [1.54, 1.807) is 0 Å². The fourth-order valence-electron chi connectivity index (χ4n) is 1.51. The second-order valence-corrected chi connectivity index (χ2v) is 3.48. The van der Waals surface area contributed by atoms with Crippen molar-refractivity contribution in [2.45, 2.75) is 46.1 Å². The Labute approximate surface area is 80.7 Å². The zero-order valence-corrected chi connectivity index (χ0v) is 8.92. The first kappa shape index (κ1) is 12.4. The zero-order chi connectivity index (χ0) is 10.3. The van der Waals surface area contributed by atoms with Crippen molar-refractivity contribution < 1.29 is 9.90 Å². The van der Waals surface area contributed by atoms with E-state index in [-0.39, 0.29) is 12.5 Å². The highest BCUT2D eigenvalue weighted by Crippen LogP contribution is 2.05. The van der Waals surface area contributed by atoms with Crippen LogP contribution in [0.15, 0.2) is 0 Å². The quantitative estimate of drug-likeness (QED) is 0.662. The highest BCUT2D eigenvalue weighted by atomic mass is 16.4. The molecule has 1 atom stereocenters. The molecule has 0 aliphatic carbocycles. The van der Waals surface area contributed by atoms with Crippen LogP contribution >= 0.6 is 0 Å². The molecule has 0 unspecified atom stereocenters. The number of aliphatic carboxylic acids is 1. The average molecular weight is 187 g/mol. The number of carbonyl (C=O) groups is 1. The molecule has 13 heavy (non-hydrogen) atoms. The van der Waals surface area contributed by atoms with Gasteiger partial charge in [-0.1, -0.05) is 13.8 Å². The molecule has 0 amide bonds. The van der Waals surface area contributed by atoms with Gasteiger partial charge in [-0.2, -0.15) is 0 Å². The lowest BCUT2D eigenvalue weighted by Gasteiger charge is -2.27. The Morgan fingerprint density at radius 3 is 2.08 bits per heavy atom. The normalized spacial score (nSPS) is 13.2. The van der Waals surface area contributed by atoms with Crippen molar-refractivity contribution in [2.75, 3.05) is 13.1 Å². The summed E-state index contributed by atoms with van der Waals surface area (Å²) in [5.74, 6) is -0.704. The second kappa shape index (κ2) is 6.89. The summed E-state index contributed by atoms with van der Waals surface area (Å²) >= 11 is 0. The molecule has 0 rings (SSSR count). The van der Waals surface area contributed by atoms with Gasteiger partial charge in [0.2, 0.25) is 0 Å². The number of nitrogens with zero attached hydrogens (tertiary/aromatic N) is 1. The fraction of sp³-hybridized carbons (Fsp3) is 0.900. The first-order valence-electron chi connectivity index (χ1n) is 5.07. The van der Waals surface area contributed by atoms with Crippen molar-refractivity contribution in [3.63, 3.8) is 0 Å². The predicted molar refractivity (Wildman–Crippen MR) is 53.9 cm³/mol. The molecule has 78 valence electrons. The Bertz CT molecular complexity index is 142. The lowest BCUT2D eigenvalue weighted by atomic mass is 10.2. The largest absolute Gasteiger partial charge is 0.481 e. The summed E-state index contributed by atoms with van der Waals surface area (Å²) in [4.78, 5) is 12.7. The maximum Gasteiger partial charge on any atom is 0.304 e. The van der Waals surface area contributed by atoms with E-state index in [4.69, 9.17) is 5.11 Å². The van der Waals surface area contributed by atoms with Gasteiger partial charge in [0.1, 0.15) is 0 Å². The van der Waals surface area contributed by atoms with E-state index in [1.165, 1.54) is 0 Å². The minimum Gasteiger partial charge on any atom is -0.481 e. The van der Waals surface area contributed by atoms with Gasteiger partial charge in [0, 0.05) is 6.04 Å². The molecule has 0 saturated heterocycles. The van der Waals surface area contributed by atoms with Gasteiger partial charge in [-0.25, -0.2) is 0 Å². The first-order chi connectivity index (χ1) is 6.11. The summed E-state index contributed by atoms with van der Waals surface area (Å²) in [6, 6.07) is 0.164. The van der Waals surface area contributed by atoms with Crippen molar-refractivity contribution in [1.82, 2.24) is 4.90 Å². The number of hydrogen-bond donors (Lipinski definition) is 1. The smallest absolute Gasteiger partial charge is 0.304 e. The Balaban J connectivity index is 3.93. The van der Waals surface area contributed by atoms with Crippen LogP contribution in [0.4, 0.5) is 0 Å². The third-order valence-corrected chi connectivity index (χ3v) is 2.12. The summed E-state index contributed by atoms with van der Waals surface area (Å²) in [6.07, 6.45) is 2.42. The molecule has 0 saturated carbocycles. The van der Waals surface area contributed by atoms with Crippen LogP contribution < -0.4 is 0 Å². The van der Waals surface area contributed by atoms with Crippen LogP contribution in [0.25, 0.3) is 0 Å². The van der Waals surface area contributed by atoms with Gasteiger partial charge in [-0.05, 0) is 32.9 Å². The van der Waals surface area contributed by atoms with Crippen LogP contribution in [0.1, 0.15) is 40.0 Å². The molecule has 0 aromatic rings. The molecule has 0 spiro atoms. The number of hydrogen-bond acceptors (Lipinski definition) is 2. The number of carboxylic acids is 1. The van der Waals surface area contributed by atoms with Gasteiger partial charge < -0.3 is 10.0 Å².